The summed E-state index contributed by atoms with van der Waals surface area (Å²) in [6, 6.07) is 12.0. The Morgan fingerprint density at radius 1 is 1.27 bits per heavy atom. The number of aryl methyl sites for hydroxylation is 1. The lowest BCUT2D eigenvalue weighted by molar-refractivity contribution is 0.610. The summed E-state index contributed by atoms with van der Waals surface area (Å²) in [6.45, 7) is 2.86. The molecule has 4 aromatic rings. The van der Waals surface area contributed by atoms with E-state index in [4.69, 9.17) is 10.1 Å². The van der Waals surface area contributed by atoms with Crippen LogP contribution in [0, 0.1) is 18.3 Å². The molecule has 0 fully saturated rings. The second-order valence-corrected chi connectivity index (χ2v) is 7.75. The topological polar surface area (TPSA) is 89.1 Å². The number of nitriles is 1. The number of pyridine rings is 2. The van der Waals surface area contributed by atoms with Crippen LogP contribution in [0.25, 0.3) is 5.52 Å². The maximum absolute atomic E-state index is 9.45. The fraction of sp³-hybridized carbons (Fsp3) is 0.273. The number of anilines is 2. The summed E-state index contributed by atoms with van der Waals surface area (Å²) in [5.74, 6) is 1.47. The van der Waals surface area contributed by atoms with Gasteiger partial charge in [0, 0.05) is 39.0 Å². The van der Waals surface area contributed by atoms with Gasteiger partial charge in [0.2, 0.25) is 0 Å². The highest BCUT2D eigenvalue weighted by molar-refractivity contribution is 5.61. The van der Waals surface area contributed by atoms with E-state index in [0.717, 1.165) is 41.4 Å². The molecule has 0 radical (unpaired) electrons. The van der Waals surface area contributed by atoms with Gasteiger partial charge in [0.05, 0.1) is 28.8 Å². The predicted octanol–water partition coefficient (Wildman–Crippen LogP) is 2.85. The third kappa shape index (κ3) is 2.78. The lowest BCUT2D eigenvalue weighted by atomic mass is 9.99. The minimum atomic E-state index is -0.158. The summed E-state index contributed by atoms with van der Waals surface area (Å²) >= 11 is 0. The molecular formula is C22H22N8. The molecule has 0 saturated heterocycles. The van der Waals surface area contributed by atoms with Gasteiger partial charge in [-0.2, -0.15) is 10.4 Å². The van der Waals surface area contributed by atoms with Crippen LogP contribution in [0.4, 0.5) is 11.6 Å². The van der Waals surface area contributed by atoms with E-state index < -0.39 is 0 Å². The Balaban J connectivity index is 1.67. The van der Waals surface area contributed by atoms with Crippen LogP contribution in [-0.4, -0.2) is 45.2 Å². The van der Waals surface area contributed by atoms with Crippen LogP contribution in [0.1, 0.15) is 34.3 Å². The normalized spacial score (nSPS) is 15.8. The molecule has 4 aromatic heterocycles. The average Bonchev–Trinajstić information content (AvgIpc) is 3.40. The number of imidazole rings is 1. The maximum Gasteiger partial charge on any atom is 0.148 e. The quantitative estimate of drug-likeness (QED) is 0.571. The van der Waals surface area contributed by atoms with E-state index in [1.807, 2.05) is 47.9 Å². The number of rotatable bonds is 3. The molecule has 0 spiro atoms. The number of H-pyrrole nitrogens is 1. The van der Waals surface area contributed by atoms with Gasteiger partial charge in [-0.25, -0.2) is 14.5 Å². The first kappa shape index (κ1) is 18.2. The summed E-state index contributed by atoms with van der Waals surface area (Å²) in [5, 5.41) is 14.3. The molecule has 0 saturated carbocycles. The number of fused-ring (bicyclic) bond motifs is 2. The molecule has 1 aliphatic heterocycles. The maximum atomic E-state index is 9.45. The lowest BCUT2D eigenvalue weighted by Crippen LogP contribution is -2.37. The Bertz CT molecular complexity index is 1280. The van der Waals surface area contributed by atoms with Crippen LogP contribution in [-0.2, 0) is 6.42 Å². The van der Waals surface area contributed by atoms with Gasteiger partial charge in [0.1, 0.15) is 23.7 Å². The van der Waals surface area contributed by atoms with Gasteiger partial charge in [-0.3, -0.25) is 0 Å². The number of nitrogens with zero attached hydrogens (tertiary/aromatic N) is 7. The Hall–Kier alpha value is -3.86. The zero-order chi connectivity index (χ0) is 20.8. The molecule has 1 atom stereocenters. The molecule has 0 bridgehead atoms. The van der Waals surface area contributed by atoms with Crippen molar-refractivity contribution in [1.82, 2.24) is 24.6 Å². The Morgan fingerprint density at radius 3 is 2.90 bits per heavy atom. The lowest BCUT2D eigenvalue weighted by Gasteiger charge is -2.35. The Labute approximate surface area is 174 Å². The van der Waals surface area contributed by atoms with E-state index in [1.54, 1.807) is 6.33 Å². The number of nitrogens with one attached hydrogen (secondary N) is 1. The van der Waals surface area contributed by atoms with Gasteiger partial charge >= 0.3 is 0 Å². The van der Waals surface area contributed by atoms with Crippen LogP contribution in [0.3, 0.4) is 0 Å². The van der Waals surface area contributed by atoms with Crippen molar-refractivity contribution in [3.05, 3.63) is 71.1 Å². The highest BCUT2D eigenvalue weighted by Gasteiger charge is 2.34. The van der Waals surface area contributed by atoms with Crippen molar-refractivity contribution < 1.29 is 0 Å². The van der Waals surface area contributed by atoms with Gasteiger partial charge in [-0.05, 0) is 36.8 Å². The van der Waals surface area contributed by atoms with Crippen molar-refractivity contribution in [1.29, 1.82) is 5.26 Å². The SMILES string of the molecule is Cc1cccn2nc([C@H]3c4nc[nH]c4CCN3c3ccc(C#N)c(N(C)C)n3)cc12. The van der Waals surface area contributed by atoms with E-state index >= 15 is 0 Å². The Kier molecular flexibility index (Phi) is 4.17. The highest BCUT2D eigenvalue weighted by Crippen LogP contribution is 2.37. The molecule has 1 N–H and O–H groups in total. The number of aromatic amines is 1. The second-order valence-electron chi connectivity index (χ2n) is 7.75. The first-order valence-electron chi connectivity index (χ1n) is 9.89. The zero-order valence-electron chi connectivity index (χ0n) is 17.2. The van der Waals surface area contributed by atoms with Gasteiger partial charge in [0.15, 0.2) is 0 Å². The summed E-state index contributed by atoms with van der Waals surface area (Å²) in [7, 11) is 3.80. The van der Waals surface area contributed by atoms with Crippen molar-refractivity contribution in [3.63, 3.8) is 0 Å². The third-order valence-electron chi connectivity index (χ3n) is 5.64. The smallest absolute Gasteiger partial charge is 0.148 e. The molecule has 0 unspecified atom stereocenters. The number of hydrogen-bond acceptors (Lipinski definition) is 6. The summed E-state index contributed by atoms with van der Waals surface area (Å²) in [4.78, 5) is 16.8. The molecular weight excluding hydrogens is 376 g/mol. The molecule has 0 amide bonds. The summed E-state index contributed by atoms with van der Waals surface area (Å²) in [6.07, 6.45) is 4.56. The van der Waals surface area contributed by atoms with E-state index in [9.17, 15) is 5.26 Å². The van der Waals surface area contributed by atoms with Gasteiger partial charge in [-0.15, -0.1) is 0 Å². The standard InChI is InChI=1S/C22H22N8/c1-14-5-4-9-30-18(14)11-17(27-30)21-20-16(24-13-25-20)8-10-29(21)19-7-6-15(12-23)22(26-19)28(2)3/h4-7,9,11,13,21H,8,10H2,1-3H3,(H,24,25)/t21-/m0/s1. The molecule has 5 heterocycles. The number of aromatic nitrogens is 5. The largest absolute Gasteiger partial charge is 0.362 e. The van der Waals surface area contributed by atoms with Crippen molar-refractivity contribution in [2.24, 2.45) is 0 Å². The molecule has 150 valence electrons. The van der Waals surface area contributed by atoms with Crippen LogP contribution < -0.4 is 9.80 Å². The minimum absolute atomic E-state index is 0.158. The van der Waals surface area contributed by atoms with Crippen molar-refractivity contribution in [2.75, 3.05) is 30.4 Å². The van der Waals surface area contributed by atoms with Gasteiger partial charge < -0.3 is 14.8 Å². The Morgan fingerprint density at radius 2 is 2.13 bits per heavy atom. The first-order chi connectivity index (χ1) is 14.6. The molecule has 8 heteroatoms. The molecule has 8 nitrogen and oxygen atoms in total. The highest BCUT2D eigenvalue weighted by atomic mass is 15.3. The molecule has 30 heavy (non-hydrogen) atoms. The molecule has 0 aromatic carbocycles. The second kappa shape index (κ2) is 6.88. The van der Waals surface area contributed by atoms with Crippen LogP contribution in [0.5, 0.6) is 0 Å². The fourth-order valence-corrected chi connectivity index (χ4v) is 4.16. The minimum Gasteiger partial charge on any atom is -0.362 e. The predicted molar refractivity (Wildman–Crippen MR) is 115 cm³/mol. The number of hydrogen-bond donors (Lipinski definition) is 1. The van der Waals surface area contributed by atoms with Crippen LogP contribution in [0.15, 0.2) is 42.9 Å². The third-order valence-corrected chi connectivity index (χ3v) is 5.64. The van der Waals surface area contributed by atoms with Crippen molar-refractivity contribution >= 4 is 17.2 Å². The van der Waals surface area contributed by atoms with Gasteiger partial charge in [-0.1, -0.05) is 6.07 Å². The van der Waals surface area contributed by atoms with Crippen LogP contribution in [0.2, 0.25) is 0 Å². The van der Waals surface area contributed by atoms with E-state index in [2.05, 4.69) is 40.0 Å². The summed E-state index contributed by atoms with van der Waals surface area (Å²) in [5.41, 5.74) is 5.84. The summed E-state index contributed by atoms with van der Waals surface area (Å²) < 4.78 is 1.92. The van der Waals surface area contributed by atoms with Crippen LogP contribution >= 0.6 is 0 Å². The van der Waals surface area contributed by atoms with E-state index in [0.29, 0.717) is 11.4 Å². The van der Waals surface area contributed by atoms with Crippen molar-refractivity contribution in [3.8, 4) is 6.07 Å². The van der Waals surface area contributed by atoms with E-state index in [1.165, 1.54) is 5.56 Å². The van der Waals surface area contributed by atoms with Crippen molar-refractivity contribution in [2.45, 2.75) is 19.4 Å². The molecule has 5 rings (SSSR count). The van der Waals surface area contributed by atoms with E-state index in [-0.39, 0.29) is 6.04 Å². The molecule has 0 aliphatic carbocycles. The first-order valence-corrected chi connectivity index (χ1v) is 9.89. The van der Waals surface area contributed by atoms with Gasteiger partial charge in [0.25, 0.3) is 0 Å². The monoisotopic (exact) mass is 398 g/mol. The molecule has 1 aliphatic rings. The fourth-order valence-electron chi connectivity index (χ4n) is 4.16. The zero-order valence-corrected chi connectivity index (χ0v) is 17.2. The average molecular weight is 398 g/mol.